The van der Waals surface area contributed by atoms with Crippen molar-refractivity contribution in [3.05, 3.63) is 24.3 Å². The van der Waals surface area contributed by atoms with E-state index in [2.05, 4.69) is 30.8 Å². The zero-order valence-electron chi connectivity index (χ0n) is 7.99. The summed E-state index contributed by atoms with van der Waals surface area (Å²) in [6.07, 6.45) is 0. The Bertz CT molecular complexity index is 682. The Morgan fingerprint density at radius 2 is 0.812 bits per heavy atom. The van der Waals surface area contributed by atoms with E-state index in [1.807, 2.05) is 24.3 Å². The lowest BCUT2D eigenvalue weighted by Gasteiger charge is -2.04. The molecule has 0 spiro atoms. The maximum Gasteiger partial charge on any atom is 0.0978 e. The normalized spacial score (nSPS) is 11.8. The van der Waals surface area contributed by atoms with Gasteiger partial charge in [-0.15, -0.1) is 20.4 Å². The predicted octanol–water partition coefficient (Wildman–Crippen LogP) is 0.954. The molecule has 6 heteroatoms. The fourth-order valence-corrected chi connectivity index (χ4v) is 1.99. The largest absolute Gasteiger partial charge is 0.130 e. The molecule has 4 rings (SSSR count). The van der Waals surface area contributed by atoms with Gasteiger partial charge in [0, 0.05) is 10.8 Å². The van der Waals surface area contributed by atoms with Crippen LogP contribution in [0.4, 0.5) is 0 Å². The van der Waals surface area contributed by atoms with Crippen molar-refractivity contribution in [2.45, 2.75) is 0 Å². The average Bonchev–Trinajstić information content (AvgIpc) is 2.36. The summed E-state index contributed by atoms with van der Waals surface area (Å²) in [5.74, 6) is 0. The molecule has 0 N–H and O–H groups in total. The number of rotatable bonds is 0. The van der Waals surface area contributed by atoms with Crippen LogP contribution in [-0.4, -0.2) is 30.8 Å². The van der Waals surface area contributed by atoms with Gasteiger partial charge < -0.3 is 0 Å². The fraction of sp³-hybridized carbons (Fsp3) is 0. The van der Waals surface area contributed by atoms with Crippen LogP contribution < -0.4 is 0 Å². The lowest BCUT2D eigenvalue weighted by molar-refractivity contribution is 0.908. The summed E-state index contributed by atoms with van der Waals surface area (Å²) in [4.78, 5) is 0. The van der Waals surface area contributed by atoms with E-state index in [4.69, 9.17) is 0 Å². The summed E-state index contributed by atoms with van der Waals surface area (Å²) in [5, 5.41) is 25.3. The van der Waals surface area contributed by atoms with Crippen LogP contribution in [0.3, 0.4) is 0 Å². The topological polar surface area (TPSA) is 77.3 Å². The van der Waals surface area contributed by atoms with E-state index in [1.165, 1.54) is 0 Å². The molecule has 2 aromatic heterocycles. The number of hydrogen-bond donors (Lipinski definition) is 0. The summed E-state index contributed by atoms with van der Waals surface area (Å²) < 4.78 is 0. The van der Waals surface area contributed by atoms with Crippen LogP contribution in [0, 0.1) is 0 Å². The molecule has 0 aliphatic heterocycles. The summed E-state index contributed by atoms with van der Waals surface area (Å²) >= 11 is 0. The number of benzene rings is 2. The summed E-state index contributed by atoms with van der Waals surface area (Å²) in [6, 6.07) is 7.47. The van der Waals surface area contributed by atoms with Crippen molar-refractivity contribution in [2.75, 3.05) is 0 Å². The van der Waals surface area contributed by atoms with Crippen LogP contribution in [0.15, 0.2) is 24.3 Å². The van der Waals surface area contributed by atoms with Gasteiger partial charge in [0.2, 0.25) is 0 Å². The first-order chi connectivity index (χ1) is 7.93. The van der Waals surface area contributed by atoms with Crippen LogP contribution >= 0.6 is 0 Å². The van der Waals surface area contributed by atoms with Gasteiger partial charge >= 0.3 is 0 Å². The number of aromatic nitrogens is 6. The van der Waals surface area contributed by atoms with Gasteiger partial charge in [-0.05, 0) is 34.7 Å². The van der Waals surface area contributed by atoms with Crippen molar-refractivity contribution >= 4 is 32.8 Å². The fourth-order valence-electron chi connectivity index (χ4n) is 1.99. The van der Waals surface area contributed by atoms with Crippen molar-refractivity contribution in [1.29, 1.82) is 0 Å². The molecule has 2 heterocycles. The molecular weight excluding hydrogens is 204 g/mol. The van der Waals surface area contributed by atoms with E-state index >= 15 is 0 Å². The maximum atomic E-state index is 4.00. The third kappa shape index (κ3) is 0.813. The van der Waals surface area contributed by atoms with Gasteiger partial charge in [0.25, 0.3) is 0 Å². The molecule has 0 saturated carbocycles. The molecule has 0 amide bonds. The average molecular weight is 208 g/mol. The second-order valence-electron chi connectivity index (χ2n) is 3.54. The van der Waals surface area contributed by atoms with Crippen LogP contribution in [0.2, 0.25) is 0 Å². The number of nitrogens with zero attached hydrogens (tertiary/aromatic N) is 6. The molecule has 0 radical (unpaired) electrons. The minimum Gasteiger partial charge on any atom is -0.130 e. The van der Waals surface area contributed by atoms with Crippen molar-refractivity contribution in [3.63, 3.8) is 0 Å². The zero-order valence-corrected chi connectivity index (χ0v) is 7.99. The van der Waals surface area contributed by atoms with Gasteiger partial charge in [-0.25, -0.2) is 0 Å². The van der Waals surface area contributed by atoms with E-state index in [0.717, 1.165) is 32.8 Å². The summed E-state index contributed by atoms with van der Waals surface area (Å²) in [7, 11) is 0. The highest BCUT2D eigenvalue weighted by Crippen LogP contribution is 2.28. The van der Waals surface area contributed by atoms with Crippen LogP contribution in [0.5, 0.6) is 0 Å². The van der Waals surface area contributed by atoms with E-state index < -0.39 is 0 Å². The van der Waals surface area contributed by atoms with Crippen LogP contribution in [0.1, 0.15) is 0 Å². The molecule has 0 aliphatic rings. The summed E-state index contributed by atoms with van der Waals surface area (Å²) in [6.45, 7) is 0. The van der Waals surface area contributed by atoms with Gasteiger partial charge in [-0.1, -0.05) is 0 Å². The Morgan fingerprint density at radius 1 is 0.500 bits per heavy atom. The molecule has 2 aromatic carbocycles. The predicted molar refractivity (Wildman–Crippen MR) is 56.9 cm³/mol. The monoisotopic (exact) mass is 208 g/mol. The standard InChI is InChI=1S/C10H4N6/c1-2-6-10-8(14-16-12-6)4-3-7-9(10)5(1)11-15-13-7/h1-4H. The van der Waals surface area contributed by atoms with E-state index in [-0.39, 0.29) is 0 Å². The Balaban J connectivity index is 2.51. The van der Waals surface area contributed by atoms with Gasteiger partial charge in [-0.3, -0.25) is 0 Å². The van der Waals surface area contributed by atoms with Crippen molar-refractivity contribution in [3.8, 4) is 0 Å². The molecular formula is C10H4N6. The van der Waals surface area contributed by atoms with Crippen molar-refractivity contribution in [2.24, 2.45) is 0 Å². The van der Waals surface area contributed by atoms with E-state index in [9.17, 15) is 0 Å². The van der Waals surface area contributed by atoms with Gasteiger partial charge in [0.1, 0.15) is 0 Å². The summed E-state index contributed by atoms with van der Waals surface area (Å²) in [5.41, 5.74) is 3.21. The smallest absolute Gasteiger partial charge is 0.0978 e. The highest BCUT2D eigenvalue weighted by Gasteiger charge is 2.11. The molecule has 16 heavy (non-hydrogen) atoms. The van der Waals surface area contributed by atoms with Gasteiger partial charge in [-0.2, -0.15) is 0 Å². The third-order valence-corrected chi connectivity index (χ3v) is 2.68. The first-order valence-corrected chi connectivity index (χ1v) is 4.77. The molecule has 0 bridgehead atoms. The minimum absolute atomic E-state index is 0.804. The Hall–Kier alpha value is -2.50. The molecule has 0 aliphatic carbocycles. The highest BCUT2D eigenvalue weighted by atomic mass is 15.3. The molecule has 74 valence electrons. The van der Waals surface area contributed by atoms with Crippen molar-refractivity contribution < 1.29 is 0 Å². The molecule has 4 aromatic rings. The van der Waals surface area contributed by atoms with Crippen molar-refractivity contribution in [1.82, 2.24) is 30.8 Å². The quantitative estimate of drug-likeness (QED) is 0.400. The lowest BCUT2D eigenvalue weighted by Crippen LogP contribution is -1.96. The SMILES string of the molecule is c1cc2nnnc3ccc4nnnc1c4c23. The Kier molecular flexibility index (Phi) is 1.23. The third-order valence-electron chi connectivity index (χ3n) is 2.68. The first-order valence-electron chi connectivity index (χ1n) is 4.77. The zero-order chi connectivity index (χ0) is 10.5. The first kappa shape index (κ1) is 7.75. The molecule has 6 nitrogen and oxygen atoms in total. The molecule has 0 unspecified atom stereocenters. The van der Waals surface area contributed by atoms with Gasteiger partial charge in [0.05, 0.1) is 22.1 Å². The van der Waals surface area contributed by atoms with E-state index in [0.29, 0.717) is 0 Å². The Labute approximate surface area is 88.6 Å². The van der Waals surface area contributed by atoms with Gasteiger partial charge in [0.15, 0.2) is 0 Å². The highest BCUT2D eigenvalue weighted by molar-refractivity contribution is 6.18. The van der Waals surface area contributed by atoms with Crippen LogP contribution in [-0.2, 0) is 0 Å². The minimum atomic E-state index is 0.804. The van der Waals surface area contributed by atoms with E-state index in [1.54, 1.807) is 0 Å². The second kappa shape index (κ2) is 2.54. The maximum absolute atomic E-state index is 4.00. The molecule has 0 fully saturated rings. The number of hydrogen-bond acceptors (Lipinski definition) is 6. The Morgan fingerprint density at radius 3 is 1.12 bits per heavy atom. The van der Waals surface area contributed by atoms with Crippen LogP contribution in [0.25, 0.3) is 32.8 Å². The molecule has 0 saturated heterocycles. The second-order valence-corrected chi connectivity index (χ2v) is 3.54. The molecule has 0 atom stereocenters. The lowest BCUT2D eigenvalue weighted by atomic mass is 10.1.